The molecule has 0 aromatic carbocycles. The van der Waals surface area contributed by atoms with Crippen molar-refractivity contribution in [2.24, 2.45) is 0 Å². The van der Waals surface area contributed by atoms with Crippen LogP contribution in [0.4, 0.5) is 0 Å². The molecule has 0 saturated heterocycles. The maximum Gasteiger partial charge on any atom is 0 e. The summed E-state index contributed by atoms with van der Waals surface area (Å²) < 4.78 is 0. The fourth-order valence-electron chi connectivity index (χ4n) is 0. The standard InChI is InChI=1S/Cu.La.O2/c;;1-2. The van der Waals surface area contributed by atoms with Crippen LogP contribution in [0, 0.1) is 45.5 Å². The van der Waals surface area contributed by atoms with Crippen molar-refractivity contribution in [3.63, 3.8) is 0 Å². The van der Waals surface area contributed by atoms with Gasteiger partial charge in [0.25, 0.3) is 0 Å². The summed E-state index contributed by atoms with van der Waals surface area (Å²) in [5.74, 6) is 0. The molecule has 0 saturated carbocycles. The SMILES string of the molecule is O=O.[Cu].[La]. The maximum atomic E-state index is 7.00. The van der Waals surface area contributed by atoms with Gasteiger partial charge >= 0.3 is 0 Å². The van der Waals surface area contributed by atoms with Gasteiger partial charge in [-0.2, -0.15) is 0 Å². The van der Waals surface area contributed by atoms with Gasteiger partial charge in [-0.25, -0.2) is 0 Å². The second-order valence-electron chi connectivity index (χ2n) is 0. The maximum absolute atomic E-state index is 7.00. The zero-order valence-corrected chi connectivity index (χ0v) is 6.26. The zero-order chi connectivity index (χ0) is 2.00. The quantitative estimate of drug-likeness (QED) is 0.556. The van der Waals surface area contributed by atoms with Crippen molar-refractivity contribution in [3.05, 3.63) is 9.93 Å². The summed E-state index contributed by atoms with van der Waals surface area (Å²) in [6, 6.07) is 0. The molecule has 0 bridgehead atoms. The molecule has 0 aromatic heterocycles. The summed E-state index contributed by atoms with van der Waals surface area (Å²) in [5, 5.41) is 0. The van der Waals surface area contributed by atoms with Gasteiger partial charge in [0.2, 0.25) is 0 Å². The van der Waals surface area contributed by atoms with E-state index < -0.39 is 0 Å². The molecule has 2 radical (unpaired) electrons. The molecule has 0 fully saturated rings. The Hall–Kier alpha value is 1.31. The Bertz CT molecular complexity index is 6.00. The molecule has 2 nitrogen and oxygen atoms in total. The van der Waals surface area contributed by atoms with E-state index in [-0.39, 0.29) is 52.7 Å². The fraction of sp³-hybridized carbons (Fsp3) is 0. The van der Waals surface area contributed by atoms with Crippen LogP contribution in [0.3, 0.4) is 0 Å². The van der Waals surface area contributed by atoms with Crippen LogP contribution in [-0.2, 0) is 17.1 Å². The van der Waals surface area contributed by atoms with Crippen molar-refractivity contribution in [1.29, 1.82) is 0 Å². The molecule has 0 aromatic rings. The summed E-state index contributed by atoms with van der Waals surface area (Å²) in [7, 11) is 0. The van der Waals surface area contributed by atoms with Crippen LogP contribution in [-0.4, -0.2) is 0 Å². The van der Waals surface area contributed by atoms with Crippen LogP contribution in [0.25, 0.3) is 0 Å². The van der Waals surface area contributed by atoms with Crippen molar-refractivity contribution >= 4 is 0 Å². The van der Waals surface area contributed by atoms with E-state index in [4.69, 9.17) is 9.93 Å². The van der Waals surface area contributed by atoms with Crippen molar-refractivity contribution in [2.75, 3.05) is 0 Å². The average Bonchev–Trinajstić information content (AvgIpc) is 1.00. The Kier molecular flexibility index (Phi) is 127. The average molecular weight is 234 g/mol. The van der Waals surface area contributed by atoms with E-state index in [1.807, 2.05) is 0 Å². The van der Waals surface area contributed by atoms with Crippen molar-refractivity contribution in [2.45, 2.75) is 0 Å². The Morgan fingerprint density at radius 2 is 1.00 bits per heavy atom. The van der Waals surface area contributed by atoms with Crippen LogP contribution in [0.15, 0.2) is 0 Å². The summed E-state index contributed by atoms with van der Waals surface area (Å²) in [5.41, 5.74) is 0. The van der Waals surface area contributed by atoms with Crippen LogP contribution in [0.5, 0.6) is 0 Å². The summed E-state index contributed by atoms with van der Waals surface area (Å²) in [6.07, 6.45) is 0. The molecule has 0 N–H and O–H groups in total. The van der Waals surface area contributed by atoms with Gasteiger partial charge in [0.1, 0.15) is 0 Å². The van der Waals surface area contributed by atoms with Crippen LogP contribution in [0.1, 0.15) is 0 Å². The molecular weight excluding hydrogens is 234 g/mol. The van der Waals surface area contributed by atoms with Crippen LogP contribution < -0.4 is 0 Å². The monoisotopic (exact) mass is 234 g/mol. The van der Waals surface area contributed by atoms with Gasteiger partial charge in [0.15, 0.2) is 0 Å². The minimum Gasteiger partial charge on any atom is 0 e. The Morgan fingerprint density at radius 3 is 1.00 bits per heavy atom. The van der Waals surface area contributed by atoms with Gasteiger partial charge in [0.05, 0.1) is 0 Å². The topological polar surface area (TPSA) is 34.1 Å². The van der Waals surface area contributed by atoms with E-state index in [9.17, 15) is 0 Å². The third-order valence-electron chi connectivity index (χ3n) is 0. The van der Waals surface area contributed by atoms with E-state index >= 15 is 0 Å². The Balaban J connectivity index is -0.00000000500. The molecule has 0 heterocycles. The molecular formula is CuLaO2. The molecule has 26 valence electrons. The number of hydrogen-bond acceptors (Lipinski definition) is 2. The van der Waals surface area contributed by atoms with Crippen molar-refractivity contribution in [3.8, 4) is 0 Å². The van der Waals surface area contributed by atoms with Crippen molar-refractivity contribution in [1.82, 2.24) is 0 Å². The smallest absolute Gasteiger partial charge is 0 e. The summed E-state index contributed by atoms with van der Waals surface area (Å²) in [6.45, 7) is 0. The Labute approximate surface area is 62.0 Å². The van der Waals surface area contributed by atoms with Gasteiger partial charge in [0, 0.05) is 62.6 Å². The zero-order valence-electron chi connectivity index (χ0n) is 1.70. The minimum absolute atomic E-state index is 0. The second kappa shape index (κ2) is 27.4. The van der Waals surface area contributed by atoms with Gasteiger partial charge in [-0.3, -0.25) is 0 Å². The largest absolute Gasteiger partial charge is 0 e. The molecule has 0 atom stereocenters. The predicted octanol–water partition coefficient (Wildman–Crippen LogP) is 0.0645. The van der Waals surface area contributed by atoms with Crippen LogP contribution >= 0.6 is 0 Å². The third kappa shape index (κ3) is 10.3. The summed E-state index contributed by atoms with van der Waals surface area (Å²) in [4.78, 5) is 14.0. The normalized spacial score (nSPS) is 1.00. The van der Waals surface area contributed by atoms with Gasteiger partial charge in [-0.15, -0.1) is 0 Å². The first-order valence-electron chi connectivity index (χ1n) is 0.167. The molecule has 0 rings (SSSR count). The Morgan fingerprint density at radius 1 is 1.00 bits per heavy atom. The van der Waals surface area contributed by atoms with Crippen LogP contribution in [0.2, 0.25) is 0 Å². The first-order chi connectivity index (χ1) is 1.00. The number of hydrogen-bond donors (Lipinski definition) is 0. The van der Waals surface area contributed by atoms with Gasteiger partial charge in [-0.05, 0) is 0 Å². The van der Waals surface area contributed by atoms with Gasteiger partial charge < -0.3 is 0 Å². The molecule has 0 aliphatic carbocycles. The molecule has 0 aliphatic heterocycles. The molecule has 0 amide bonds. The third-order valence-corrected chi connectivity index (χ3v) is 0. The van der Waals surface area contributed by atoms with E-state index in [2.05, 4.69) is 0 Å². The van der Waals surface area contributed by atoms with E-state index in [0.717, 1.165) is 0 Å². The molecule has 0 unspecified atom stereocenters. The molecule has 0 spiro atoms. The minimum atomic E-state index is 0. The second-order valence-corrected chi connectivity index (χ2v) is 0. The van der Waals surface area contributed by atoms with E-state index in [1.165, 1.54) is 0 Å². The van der Waals surface area contributed by atoms with E-state index in [1.54, 1.807) is 0 Å². The van der Waals surface area contributed by atoms with Crippen molar-refractivity contribution < 1.29 is 52.7 Å². The molecule has 4 heavy (non-hydrogen) atoms. The fourth-order valence-corrected chi connectivity index (χ4v) is 0. The van der Waals surface area contributed by atoms with E-state index in [0.29, 0.717) is 0 Å². The first-order valence-corrected chi connectivity index (χ1v) is 0.167. The van der Waals surface area contributed by atoms with Gasteiger partial charge in [-0.1, -0.05) is 0 Å². The molecule has 4 heteroatoms. The molecule has 0 aliphatic rings. The number of rotatable bonds is 0. The summed E-state index contributed by atoms with van der Waals surface area (Å²) >= 11 is 0. The first kappa shape index (κ1) is 18.5. The predicted molar refractivity (Wildman–Crippen MR) is 6.73 cm³/mol.